The minimum absolute atomic E-state index is 0.0602. The van der Waals surface area contributed by atoms with Crippen LogP contribution < -0.4 is 5.32 Å². The van der Waals surface area contributed by atoms with Crippen molar-refractivity contribution in [3.63, 3.8) is 0 Å². The van der Waals surface area contributed by atoms with Crippen molar-refractivity contribution in [1.29, 1.82) is 5.41 Å². The van der Waals surface area contributed by atoms with Crippen molar-refractivity contribution < 1.29 is 4.79 Å². The number of fused-ring (bicyclic) bond motifs is 1. The molecule has 6 nitrogen and oxygen atoms in total. The first-order chi connectivity index (χ1) is 10.9. The van der Waals surface area contributed by atoms with Gasteiger partial charge in [-0.25, -0.2) is 0 Å². The van der Waals surface area contributed by atoms with Crippen LogP contribution in [0.25, 0.3) is 10.9 Å². The van der Waals surface area contributed by atoms with E-state index in [0.717, 1.165) is 23.0 Å². The summed E-state index contributed by atoms with van der Waals surface area (Å²) in [7, 11) is 1.61. The summed E-state index contributed by atoms with van der Waals surface area (Å²) in [6.07, 6.45) is 6.37. The molecule has 1 fully saturated rings. The number of carbonyl (C=O) groups excluding carboxylic acids is 1. The number of rotatable bonds is 3. The van der Waals surface area contributed by atoms with Crippen LogP contribution in [0.1, 0.15) is 25.8 Å². The van der Waals surface area contributed by atoms with Crippen molar-refractivity contribution in [1.82, 2.24) is 20.0 Å². The zero-order valence-corrected chi connectivity index (χ0v) is 13.6. The van der Waals surface area contributed by atoms with Crippen LogP contribution in [0.3, 0.4) is 0 Å². The number of amides is 1. The third-order valence-electron chi connectivity index (χ3n) is 4.33. The van der Waals surface area contributed by atoms with E-state index in [2.05, 4.69) is 10.4 Å². The predicted octanol–water partition coefficient (Wildman–Crippen LogP) is 2.21. The number of aromatic nitrogens is 2. The molecular formula is C17H21N5O. The van der Waals surface area contributed by atoms with Gasteiger partial charge >= 0.3 is 0 Å². The maximum atomic E-state index is 12.1. The molecule has 6 heteroatoms. The molecule has 2 heterocycles. The van der Waals surface area contributed by atoms with Crippen molar-refractivity contribution in [2.45, 2.75) is 32.4 Å². The van der Waals surface area contributed by atoms with E-state index in [1.807, 2.05) is 55.1 Å². The summed E-state index contributed by atoms with van der Waals surface area (Å²) < 4.78 is 1.89. The molecule has 2 aromatic rings. The SMILES string of the molecule is C/C=C/Cn1cc2ccc([C@]3(C)CC(=O)N(C)C(=N)N3)cc2n1. The first kappa shape index (κ1) is 15.3. The number of hydrogen-bond acceptors (Lipinski definition) is 3. The van der Waals surface area contributed by atoms with E-state index in [9.17, 15) is 4.79 Å². The molecule has 1 aliphatic rings. The van der Waals surface area contributed by atoms with Crippen LogP contribution >= 0.6 is 0 Å². The number of guanidine groups is 1. The lowest BCUT2D eigenvalue weighted by Crippen LogP contribution is -2.58. The Balaban J connectivity index is 1.96. The lowest BCUT2D eigenvalue weighted by Gasteiger charge is -2.39. The largest absolute Gasteiger partial charge is 0.346 e. The minimum atomic E-state index is -0.581. The van der Waals surface area contributed by atoms with Crippen molar-refractivity contribution >= 4 is 22.8 Å². The van der Waals surface area contributed by atoms with E-state index in [1.165, 1.54) is 4.90 Å². The van der Waals surface area contributed by atoms with Gasteiger partial charge in [-0.1, -0.05) is 24.3 Å². The molecule has 0 bridgehead atoms. The summed E-state index contributed by atoms with van der Waals surface area (Å²) in [4.78, 5) is 13.4. The average molecular weight is 311 g/mol. The molecule has 1 aromatic heterocycles. The van der Waals surface area contributed by atoms with Crippen LogP contribution in [0, 0.1) is 5.41 Å². The highest BCUT2D eigenvalue weighted by Crippen LogP contribution is 2.30. The van der Waals surface area contributed by atoms with Gasteiger partial charge < -0.3 is 5.32 Å². The van der Waals surface area contributed by atoms with Crippen LogP contribution in [-0.2, 0) is 16.9 Å². The second-order valence-electron chi connectivity index (χ2n) is 6.13. The molecule has 3 rings (SSSR count). The van der Waals surface area contributed by atoms with E-state index < -0.39 is 5.54 Å². The van der Waals surface area contributed by atoms with Crippen molar-refractivity contribution in [3.8, 4) is 0 Å². The molecule has 23 heavy (non-hydrogen) atoms. The highest BCUT2D eigenvalue weighted by molar-refractivity contribution is 5.99. The zero-order chi connectivity index (χ0) is 16.6. The number of allylic oxidation sites excluding steroid dienone is 2. The van der Waals surface area contributed by atoms with Gasteiger partial charge in [-0.05, 0) is 25.5 Å². The summed E-state index contributed by atoms with van der Waals surface area (Å²) >= 11 is 0. The monoisotopic (exact) mass is 311 g/mol. The molecule has 120 valence electrons. The molecule has 1 saturated heterocycles. The third-order valence-corrected chi connectivity index (χ3v) is 4.33. The Kier molecular flexibility index (Phi) is 3.67. The maximum Gasteiger partial charge on any atom is 0.231 e. The number of nitrogens with one attached hydrogen (secondary N) is 2. The number of nitrogens with zero attached hydrogens (tertiary/aromatic N) is 3. The molecule has 2 N–H and O–H groups in total. The Morgan fingerprint density at radius 3 is 2.96 bits per heavy atom. The smallest absolute Gasteiger partial charge is 0.231 e. The average Bonchev–Trinajstić information content (AvgIpc) is 2.92. The van der Waals surface area contributed by atoms with E-state index in [0.29, 0.717) is 6.42 Å². The fourth-order valence-corrected chi connectivity index (χ4v) is 2.83. The topological polar surface area (TPSA) is 74.0 Å². The lowest BCUT2D eigenvalue weighted by molar-refractivity contribution is -0.129. The molecule has 1 atom stereocenters. The Labute approximate surface area is 135 Å². The lowest BCUT2D eigenvalue weighted by atomic mass is 9.86. The van der Waals surface area contributed by atoms with Crippen LogP contribution in [-0.4, -0.2) is 33.6 Å². The Bertz CT molecular complexity index is 786. The van der Waals surface area contributed by atoms with Gasteiger partial charge in [0, 0.05) is 18.6 Å². The zero-order valence-electron chi connectivity index (χ0n) is 13.6. The first-order valence-electron chi connectivity index (χ1n) is 7.65. The Morgan fingerprint density at radius 1 is 1.48 bits per heavy atom. The minimum Gasteiger partial charge on any atom is -0.346 e. The second kappa shape index (κ2) is 5.53. The van der Waals surface area contributed by atoms with Gasteiger partial charge in [0.1, 0.15) is 0 Å². The third kappa shape index (κ3) is 2.72. The van der Waals surface area contributed by atoms with Crippen LogP contribution in [0.15, 0.2) is 36.5 Å². The molecule has 1 aromatic carbocycles. The molecule has 0 saturated carbocycles. The number of hydrogen-bond donors (Lipinski definition) is 2. The molecule has 1 amide bonds. The van der Waals surface area contributed by atoms with Crippen molar-refractivity contribution in [2.75, 3.05) is 7.05 Å². The molecule has 0 spiro atoms. The fraction of sp³-hybridized carbons (Fsp3) is 0.353. The quantitative estimate of drug-likeness (QED) is 0.854. The van der Waals surface area contributed by atoms with E-state index in [1.54, 1.807) is 7.05 Å². The normalized spacial score (nSPS) is 22.1. The summed E-state index contributed by atoms with van der Waals surface area (Å²) in [5, 5.41) is 16.7. The molecule has 0 aliphatic carbocycles. The van der Waals surface area contributed by atoms with Crippen molar-refractivity contribution in [2.24, 2.45) is 0 Å². The van der Waals surface area contributed by atoms with Crippen LogP contribution in [0.2, 0.25) is 0 Å². The summed E-state index contributed by atoms with van der Waals surface area (Å²) in [6, 6.07) is 6.02. The maximum absolute atomic E-state index is 12.1. The van der Waals surface area contributed by atoms with Crippen LogP contribution in [0.4, 0.5) is 0 Å². The highest BCUT2D eigenvalue weighted by Gasteiger charge is 2.37. The van der Waals surface area contributed by atoms with Gasteiger partial charge in [-0.3, -0.25) is 19.8 Å². The highest BCUT2D eigenvalue weighted by atomic mass is 16.2. The first-order valence-corrected chi connectivity index (χ1v) is 7.65. The van der Waals surface area contributed by atoms with Gasteiger partial charge in [-0.15, -0.1) is 0 Å². The standard InChI is InChI=1S/C17H21N5O/c1-4-5-8-22-11-12-6-7-13(9-14(12)20-22)17(2)10-15(23)21(3)16(18)19-17/h4-7,9,11H,8,10H2,1-3H3,(H2,18,19)/b5-4+/t17-/m0/s1. The molecular weight excluding hydrogens is 290 g/mol. The fourth-order valence-electron chi connectivity index (χ4n) is 2.83. The molecule has 1 aliphatic heterocycles. The molecule has 0 radical (unpaired) electrons. The van der Waals surface area contributed by atoms with E-state index in [4.69, 9.17) is 5.41 Å². The van der Waals surface area contributed by atoms with Gasteiger partial charge in [0.2, 0.25) is 5.91 Å². The molecule has 0 unspecified atom stereocenters. The van der Waals surface area contributed by atoms with Gasteiger partial charge in [0.25, 0.3) is 0 Å². The number of carbonyl (C=O) groups is 1. The van der Waals surface area contributed by atoms with Gasteiger partial charge in [0.15, 0.2) is 5.96 Å². The van der Waals surface area contributed by atoms with Gasteiger partial charge in [-0.2, -0.15) is 5.10 Å². The van der Waals surface area contributed by atoms with Crippen LogP contribution in [0.5, 0.6) is 0 Å². The van der Waals surface area contributed by atoms with Crippen molar-refractivity contribution in [3.05, 3.63) is 42.1 Å². The second-order valence-corrected chi connectivity index (χ2v) is 6.13. The predicted molar refractivity (Wildman–Crippen MR) is 90.1 cm³/mol. The Hall–Kier alpha value is -2.63. The van der Waals surface area contributed by atoms with E-state index >= 15 is 0 Å². The number of benzene rings is 1. The van der Waals surface area contributed by atoms with E-state index in [-0.39, 0.29) is 11.9 Å². The summed E-state index contributed by atoms with van der Waals surface area (Å²) in [6.45, 7) is 4.67. The summed E-state index contributed by atoms with van der Waals surface area (Å²) in [5.41, 5.74) is 1.28. The van der Waals surface area contributed by atoms with Gasteiger partial charge in [0.05, 0.1) is 24.0 Å². The Morgan fingerprint density at radius 2 is 2.26 bits per heavy atom. The summed E-state index contributed by atoms with van der Waals surface area (Å²) in [5.74, 6) is 0.0671.